The predicted octanol–water partition coefficient (Wildman–Crippen LogP) is 2.07. The van der Waals surface area contributed by atoms with Crippen molar-refractivity contribution in [2.24, 2.45) is 0 Å². The Balaban J connectivity index is 4.43. The number of allylic oxidation sites excluding steroid dienone is 1. The van der Waals surface area contributed by atoms with Crippen molar-refractivity contribution in [2.75, 3.05) is 0 Å². The summed E-state index contributed by atoms with van der Waals surface area (Å²) in [5.41, 5.74) is -0.0719. The Morgan fingerprint density at radius 1 is 1.50 bits per heavy atom. The summed E-state index contributed by atoms with van der Waals surface area (Å²) in [5, 5.41) is 9.81. The van der Waals surface area contributed by atoms with Crippen molar-refractivity contribution in [1.82, 2.24) is 0 Å². The first-order valence-electron chi connectivity index (χ1n) is 4.32. The molecule has 0 aliphatic rings. The van der Waals surface area contributed by atoms with Gasteiger partial charge in [-0.05, 0) is 38.8 Å². The predicted molar refractivity (Wildman–Crippen MR) is 50.0 cm³/mol. The lowest BCUT2D eigenvalue weighted by atomic mass is 9.91. The van der Waals surface area contributed by atoms with Crippen molar-refractivity contribution in [1.29, 1.82) is 0 Å². The number of carbonyl (C=O) groups is 1. The second-order valence-corrected chi connectivity index (χ2v) is 3.46. The lowest BCUT2D eigenvalue weighted by Crippen LogP contribution is -2.25. The second kappa shape index (κ2) is 4.41. The molecule has 0 bridgehead atoms. The highest BCUT2D eigenvalue weighted by atomic mass is 16.3. The molecule has 0 fully saturated rings. The van der Waals surface area contributed by atoms with Crippen molar-refractivity contribution in [3.63, 3.8) is 0 Å². The Kier molecular flexibility index (Phi) is 4.18. The second-order valence-electron chi connectivity index (χ2n) is 3.46. The van der Waals surface area contributed by atoms with Gasteiger partial charge < -0.3 is 5.11 Å². The van der Waals surface area contributed by atoms with Crippen LogP contribution in [0.15, 0.2) is 11.6 Å². The minimum absolute atomic E-state index is 0.0103. The number of ketones is 1. The summed E-state index contributed by atoms with van der Waals surface area (Å²) in [7, 11) is 0. The van der Waals surface area contributed by atoms with Crippen LogP contribution in [-0.4, -0.2) is 16.5 Å². The zero-order valence-electron chi connectivity index (χ0n) is 8.35. The monoisotopic (exact) mass is 170 g/mol. The summed E-state index contributed by atoms with van der Waals surface area (Å²) < 4.78 is 0. The molecule has 2 nitrogen and oxygen atoms in total. The summed E-state index contributed by atoms with van der Waals surface area (Å²) in [6.45, 7) is 7.03. The minimum atomic E-state index is -0.819. The molecule has 70 valence electrons. The van der Waals surface area contributed by atoms with Crippen LogP contribution >= 0.6 is 0 Å². The first-order valence-corrected chi connectivity index (χ1v) is 4.32. The lowest BCUT2D eigenvalue weighted by molar-refractivity contribution is -0.112. The van der Waals surface area contributed by atoms with Gasteiger partial charge in [0.05, 0.1) is 5.60 Å². The van der Waals surface area contributed by atoms with Gasteiger partial charge in [-0.15, -0.1) is 0 Å². The molecule has 2 heteroatoms. The topological polar surface area (TPSA) is 37.3 Å². The maximum Gasteiger partial charge on any atom is 0.152 e. The molecular weight excluding hydrogens is 152 g/mol. The van der Waals surface area contributed by atoms with Crippen molar-refractivity contribution in [2.45, 2.75) is 46.1 Å². The fourth-order valence-corrected chi connectivity index (χ4v) is 1.14. The van der Waals surface area contributed by atoms with E-state index in [0.29, 0.717) is 6.42 Å². The van der Waals surface area contributed by atoms with E-state index in [-0.39, 0.29) is 5.78 Å². The Morgan fingerprint density at radius 3 is 2.33 bits per heavy atom. The normalized spacial score (nSPS) is 17.2. The molecule has 0 aromatic carbocycles. The van der Waals surface area contributed by atoms with Gasteiger partial charge in [0, 0.05) is 0 Å². The van der Waals surface area contributed by atoms with E-state index in [9.17, 15) is 9.90 Å². The van der Waals surface area contributed by atoms with Gasteiger partial charge in [0.15, 0.2) is 5.78 Å². The maximum absolute atomic E-state index is 10.7. The standard InChI is InChI=1S/C10H18O2/c1-5-6-10(4,12)8(2)7-9(3)11/h7,12H,5-6H2,1-4H3. The zero-order valence-corrected chi connectivity index (χ0v) is 8.35. The Morgan fingerprint density at radius 2 is 2.00 bits per heavy atom. The van der Waals surface area contributed by atoms with Crippen LogP contribution in [0.25, 0.3) is 0 Å². The number of carbonyl (C=O) groups excluding carboxylic acids is 1. The molecular formula is C10H18O2. The van der Waals surface area contributed by atoms with Crippen LogP contribution in [0.4, 0.5) is 0 Å². The van der Waals surface area contributed by atoms with Gasteiger partial charge >= 0.3 is 0 Å². The number of rotatable bonds is 4. The number of hydrogen-bond donors (Lipinski definition) is 1. The van der Waals surface area contributed by atoms with Crippen molar-refractivity contribution in [3.05, 3.63) is 11.6 Å². The van der Waals surface area contributed by atoms with E-state index < -0.39 is 5.60 Å². The molecule has 0 aromatic heterocycles. The third-order valence-electron chi connectivity index (χ3n) is 2.01. The fourth-order valence-electron chi connectivity index (χ4n) is 1.14. The number of aliphatic hydroxyl groups is 1. The highest BCUT2D eigenvalue weighted by molar-refractivity contribution is 5.88. The molecule has 0 aromatic rings. The van der Waals surface area contributed by atoms with Crippen molar-refractivity contribution >= 4 is 5.78 Å². The van der Waals surface area contributed by atoms with Gasteiger partial charge in [-0.25, -0.2) is 0 Å². The highest BCUT2D eigenvalue weighted by Gasteiger charge is 2.21. The Labute approximate surface area is 74.3 Å². The summed E-state index contributed by atoms with van der Waals surface area (Å²) in [5.74, 6) is -0.0103. The molecule has 1 N–H and O–H groups in total. The minimum Gasteiger partial charge on any atom is -0.386 e. The van der Waals surface area contributed by atoms with Crippen LogP contribution in [0.5, 0.6) is 0 Å². The van der Waals surface area contributed by atoms with Gasteiger partial charge in [-0.2, -0.15) is 0 Å². The molecule has 0 spiro atoms. The Hall–Kier alpha value is -0.630. The van der Waals surface area contributed by atoms with Gasteiger partial charge in [0.2, 0.25) is 0 Å². The summed E-state index contributed by atoms with van der Waals surface area (Å²) in [4.78, 5) is 10.7. The van der Waals surface area contributed by atoms with Gasteiger partial charge in [-0.1, -0.05) is 13.3 Å². The number of hydrogen-bond acceptors (Lipinski definition) is 2. The first-order chi connectivity index (χ1) is 5.40. The molecule has 0 saturated carbocycles. The van der Waals surface area contributed by atoms with Crippen molar-refractivity contribution < 1.29 is 9.90 Å². The summed E-state index contributed by atoms with van der Waals surface area (Å²) in [6.07, 6.45) is 3.11. The van der Waals surface area contributed by atoms with Crippen LogP contribution in [-0.2, 0) is 4.79 Å². The molecule has 0 heterocycles. The average Bonchev–Trinajstić information content (AvgIpc) is 1.85. The molecule has 1 unspecified atom stereocenters. The van der Waals surface area contributed by atoms with Crippen LogP contribution < -0.4 is 0 Å². The molecule has 0 amide bonds. The van der Waals surface area contributed by atoms with E-state index in [1.165, 1.54) is 13.0 Å². The largest absolute Gasteiger partial charge is 0.386 e. The van der Waals surface area contributed by atoms with Crippen LogP contribution in [0, 0.1) is 0 Å². The molecule has 0 radical (unpaired) electrons. The molecule has 0 aliphatic heterocycles. The lowest BCUT2D eigenvalue weighted by Gasteiger charge is -2.23. The fraction of sp³-hybridized carbons (Fsp3) is 0.700. The average molecular weight is 170 g/mol. The summed E-state index contributed by atoms with van der Waals surface area (Å²) >= 11 is 0. The quantitative estimate of drug-likeness (QED) is 0.656. The van der Waals surface area contributed by atoms with Crippen LogP contribution in [0.2, 0.25) is 0 Å². The Bertz CT molecular complexity index is 190. The molecule has 0 aliphatic carbocycles. The SMILES string of the molecule is CCCC(C)(O)C(C)=CC(C)=O. The molecule has 0 rings (SSSR count). The highest BCUT2D eigenvalue weighted by Crippen LogP contribution is 2.21. The van der Waals surface area contributed by atoms with E-state index in [2.05, 4.69) is 0 Å². The van der Waals surface area contributed by atoms with Gasteiger partial charge in [-0.3, -0.25) is 4.79 Å². The smallest absolute Gasteiger partial charge is 0.152 e. The van der Waals surface area contributed by atoms with E-state index in [0.717, 1.165) is 12.0 Å². The van der Waals surface area contributed by atoms with Gasteiger partial charge in [0.25, 0.3) is 0 Å². The van der Waals surface area contributed by atoms with E-state index in [1.54, 1.807) is 13.8 Å². The van der Waals surface area contributed by atoms with E-state index in [4.69, 9.17) is 0 Å². The molecule has 12 heavy (non-hydrogen) atoms. The van der Waals surface area contributed by atoms with Gasteiger partial charge in [0.1, 0.15) is 0 Å². The first kappa shape index (κ1) is 11.4. The van der Waals surface area contributed by atoms with E-state index in [1.807, 2.05) is 6.92 Å². The summed E-state index contributed by atoms with van der Waals surface area (Å²) in [6, 6.07) is 0. The molecule has 0 saturated heterocycles. The zero-order chi connectivity index (χ0) is 9.78. The van der Waals surface area contributed by atoms with E-state index >= 15 is 0 Å². The van der Waals surface area contributed by atoms with Crippen LogP contribution in [0.3, 0.4) is 0 Å². The third kappa shape index (κ3) is 3.67. The molecule has 1 atom stereocenters. The van der Waals surface area contributed by atoms with Crippen LogP contribution in [0.1, 0.15) is 40.5 Å². The maximum atomic E-state index is 10.7. The van der Waals surface area contributed by atoms with Crippen molar-refractivity contribution in [3.8, 4) is 0 Å². The third-order valence-corrected chi connectivity index (χ3v) is 2.01.